The van der Waals surface area contributed by atoms with Gasteiger partial charge in [-0.3, -0.25) is 14.4 Å². The third-order valence-corrected chi connectivity index (χ3v) is 11.3. The van der Waals surface area contributed by atoms with Crippen LogP contribution in [0.1, 0.15) is 39.2 Å². The van der Waals surface area contributed by atoms with E-state index < -0.39 is 28.7 Å². The largest absolute Gasteiger partial charge is 0.394 e. The van der Waals surface area contributed by atoms with Crippen LogP contribution in [-0.4, -0.2) is 86.4 Å². The second-order valence-electron chi connectivity index (χ2n) is 11.4. The Morgan fingerprint density at radius 2 is 1.87 bits per heavy atom. The summed E-state index contributed by atoms with van der Waals surface area (Å²) in [6.45, 7) is 14.7. The van der Waals surface area contributed by atoms with Crippen LogP contribution in [0.15, 0.2) is 55.6 Å². The average molecular weight is 554 g/mol. The summed E-state index contributed by atoms with van der Waals surface area (Å²) in [6, 6.07) is 8.54. The molecule has 3 aliphatic rings. The quantitative estimate of drug-likeness (QED) is 0.400. The van der Waals surface area contributed by atoms with Crippen LogP contribution in [0, 0.1) is 23.7 Å². The van der Waals surface area contributed by atoms with Gasteiger partial charge in [0.25, 0.3) is 0 Å². The molecule has 8 heteroatoms. The molecule has 7 nitrogen and oxygen atoms in total. The van der Waals surface area contributed by atoms with E-state index >= 15 is 0 Å². The van der Waals surface area contributed by atoms with Crippen molar-refractivity contribution in [3.8, 4) is 0 Å². The smallest absolute Gasteiger partial charge is 0.247 e. The van der Waals surface area contributed by atoms with Crippen molar-refractivity contribution in [2.75, 3.05) is 26.7 Å². The molecule has 39 heavy (non-hydrogen) atoms. The van der Waals surface area contributed by atoms with E-state index in [4.69, 9.17) is 0 Å². The van der Waals surface area contributed by atoms with Crippen molar-refractivity contribution in [1.82, 2.24) is 14.7 Å². The molecule has 0 radical (unpaired) electrons. The number of likely N-dealkylation sites (tertiary alicyclic amines) is 1. The van der Waals surface area contributed by atoms with Crippen LogP contribution < -0.4 is 0 Å². The molecule has 3 aliphatic heterocycles. The van der Waals surface area contributed by atoms with E-state index in [0.717, 1.165) is 18.4 Å². The lowest BCUT2D eigenvalue weighted by Crippen LogP contribution is -2.60. The number of aliphatic hydroxyl groups excluding tert-OH is 1. The molecule has 3 amide bonds. The van der Waals surface area contributed by atoms with Gasteiger partial charge >= 0.3 is 0 Å². The van der Waals surface area contributed by atoms with Crippen LogP contribution in [0.2, 0.25) is 0 Å². The molecule has 3 fully saturated rings. The van der Waals surface area contributed by atoms with Gasteiger partial charge in [-0.15, -0.1) is 24.9 Å². The van der Waals surface area contributed by atoms with Gasteiger partial charge in [0.2, 0.25) is 17.7 Å². The fourth-order valence-corrected chi connectivity index (χ4v) is 9.49. The predicted molar refractivity (Wildman–Crippen MR) is 156 cm³/mol. The molecule has 3 heterocycles. The molecule has 2 bridgehead atoms. The van der Waals surface area contributed by atoms with Crippen molar-refractivity contribution in [3.05, 3.63) is 61.2 Å². The minimum Gasteiger partial charge on any atom is -0.394 e. The van der Waals surface area contributed by atoms with Crippen LogP contribution in [0.3, 0.4) is 0 Å². The lowest BCUT2D eigenvalue weighted by atomic mass is 9.65. The third-order valence-electron chi connectivity index (χ3n) is 9.20. The minimum atomic E-state index is -0.766. The van der Waals surface area contributed by atoms with Crippen LogP contribution in [-0.2, 0) is 20.9 Å². The number of benzene rings is 1. The molecule has 0 aliphatic carbocycles. The summed E-state index contributed by atoms with van der Waals surface area (Å²) in [7, 11) is 1.75. The summed E-state index contributed by atoms with van der Waals surface area (Å²) in [5, 5.41) is 10.6. The first-order valence-electron chi connectivity index (χ1n) is 14.1. The third kappa shape index (κ3) is 4.84. The Bertz CT molecular complexity index is 1100. The molecular formula is C31H43N3O4S. The first-order valence-corrected chi connectivity index (χ1v) is 15.0. The van der Waals surface area contributed by atoms with Gasteiger partial charge in [-0.05, 0) is 23.8 Å². The van der Waals surface area contributed by atoms with E-state index in [9.17, 15) is 19.5 Å². The van der Waals surface area contributed by atoms with Crippen LogP contribution in [0.4, 0.5) is 0 Å². The van der Waals surface area contributed by atoms with Crippen LogP contribution >= 0.6 is 11.8 Å². The van der Waals surface area contributed by atoms with Gasteiger partial charge in [0.15, 0.2) is 0 Å². The topological polar surface area (TPSA) is 81.2 Å². The van der Waals surface area contributed by atoms with Crippen molar-refractivity contribution in [3.63, 3.8) is 0 Å². The van der Waals surface area contributed by atoms with E-state index in [1.54, 1.807) is 45.7 Å². The molecule has 1 spiro atoms. The molecule has 212 valence electrons. The molecule has 0 aromatic heterocycles. The molecule has 1 N–H and O–H groups in total. The molecule has 8 atom stereocenters. The lowest BCUT2D eigenvalue weighted by molar-refractivity contribution is -0.148. The number of carbonyl (C=O) groups is 3. The summed E-state index contributed by atoms with van der Waals surface area (Å²) in [6.07, 6.45) is 4.93. The van der Waals surface area contributed by atoms with Gasteiger partial charge in [-0.1, -0.05) is 69.7 Å². The van der Waals surface area contributed by atoms with Crippen LogP contribution in [0.5, 0.6) is 0 Å². The van der Waals surface area contributed by atoms with E-state index in [2.05, 4.69) is 20.1 Å². The van der Waals surface area contributed by atoms with Crippen molar-refractivity contribution < 1.29 is 19.5 Å². The van der Waals surface area contributed by atoms with Gasteiger partial charge in [-0.2, -0.15) is 0 Å². The Morgan fingerprint density at radius 1 is 1.21 bits per heavy atom. The normalized spacial score (nSPS) is 30.5. The zero-order chi connectivity index (χ0) is 28.5. The standard InChI is InChI=1S/C31H43N3O4S/c1-7-15-32(6)28(36)25-24-17-21(5)31(39-24)26(25)29(37)34(23(19-35)20(4)9-3)27(31)30(38)33(16-8-2)18-22-13-11-10-12-14-22/h7-8,10-14,20-21,23-27,35H,1-2,9,15-19H2,3-6H3/t20-,21?,23-,24-,25+,26-,27?,31?/m0/s1. The maximum absolute atomic E-state index is 14.7. The number of thioether (sulfide) groups is 1. The second-order valence-corrected chi connectivity index (χ2v) is 13.0. The summed E-state index contributed by atoms with van der Waals surface area (Å²) in [5.41, 5.74) is 0.994. The maximum Gasteiger partial charge on any atom is 0.247 e. The summed E-state index contributed by atoms with van der Waals surface area (Å²) in [4.78, 5) is 48.0. The number of likely N-dealkylation sites (N-methyl/N-ethyl adjacent to an activating group) is 1. The number of aliphatic hydroxyl groups is 1. The van der Waals surface area contributed by atoms with E-state index in [-0.39, 0.29) is 41.4 Å². The highest BCUT2D eigenvalue weighted by Gasteiger charge is 2.77. The number of fused-ring (bicyclic) bond motifs is 1. The number of hydrogen-bond acceptors (Lipinski definition) is 5. The second kappa shape index (κ2) is 11.9. The van der Waals surface area contributed by atoms with Crippen molar-refractivity contribution in [2.45, 2.75) is 62.2 Å². The summed E-state index contributed by atoms with van der Waals surface area (Å²) < 4.78 is -0.731. The maximum atomic E-state index is 14.7. The Labute approximate surface area is 237 Å². The number of amides is 3. The molecule has 4 rings (SSSR count). The fraction of sp³-hybridized carbons (Fsp3) is 0.581. The number of carbonyl (C=O) groups excluding carboxylic acids is 3. The van der Waals surface area contributed by atoms with Gasteiger partial charge in [0, 0.05) is 31.9 Å². The van der Waals surface area contributed by atoms with E-state index in [1.807, 2.05) is 44.2 Å². The number of hydrogen-bond donors (Lipinski definition) is 1. The fourth-order valence-electron chi connectivity index (χ4n) is 7.10. The zero-order valence-electron chi connectivity index (χ0n) is 23.7. The van der Waals surface area contributed by atoms with Crippen molar-refractivity contribution in [1.29, 1.82) is 0 Å². The minimum absolute atomic E-state index is 0.0125. The molecule has 3 unspecified atom stereocenters. The molecule has 1 aromatic rings. The van der Waals surface area contributed by atoms with Gasteiger partial charge in [0.1, 0.15) is 6.04 Å². The average Bonchev–Trinajstić information content (AvgIpc) is 3.52. The Morgan fingerprint density at radius 3 is 2.46 bits per heavy atom. The highest BCUT2D eigenvalue weighted by molar-refractivity contribution is 8.02. The highest BCUT2D eigenvalue weighted by atomic mass is 32.2. The van der Waals surface area contributed by atoms with E-state index in [1.165, 1.54) is 0 Å². The van der Waals surface area contributed by atoms with Gasteiger partial charge in [0.05, 0.1) is 29.2 Å². The summed E-state index contributed by atoms with van der Waals surface area (Å²) in [5.74, 6) is -1.42. The SMILES string of the molecule is C=CCN(C)C(=O)[C@@H]1[C@@H]2CC(C)C3(S2)C(C(=O)N(CC=C)Cc2ccccc2)N([C@@H](CO)[C@@H](C)CC)C(=O)[C@H]13. The molecular weight excluding hydrogens is 510 g/mol. The van der Waals surface area contributed by atoms with Gasteiger partial charge in [-0.25, -0.2) is 0 Å². The highest BCUT2D eigenvalue weighted by Crippen LogP contribution is 2.69. The molecule has 1 aromatic carbocycles. The van der Waals surface area contributed by atoms with E-state index in [0.29, 0.717) is 19.6 Å². The van der Waals surface area contributed by atoms with Crippen molar-refractivity contribution in [2.24, 2.45) is 23.7 Å². The van der Waals surface area contributed by atoms with Crippen molar-refractivity contribution >= 4 is 29.5 Å². The zero-order valence-corrected chi connectivity index (χ0v) is 24.5. The number of nitrogens with zero attached hydrogens (tertiary/aromatic N) is 3. The number of rotatable bonds is 12. The first-order chi connectivity index (χ1) is 18.7. The summed E-state index contributed by atoms with van der Waals surface area (Å²) >= 11 is 1.67. The van der Waals surface area contributed by atoms with Crippen LogP contribution in [0.25, 0.3) is 0 Å². The Hall–Kier alpha value is -2.58. The Kier molecular flexibility index (Phi) is 8.96. The molecule has 0 saturated carbocycles. The van der Waals surface area contributed by atoms with Gasteiger partial charge < -0.3 is 19.8 Å². The predicted octanol–water partition coefficient (Wildman–Crippen LogP) is 3.59. The first kappa shape index (κ1) is 29.4. The lowest BCUT2D eigenvalue weighted by Gasteiger charge is -2.43. The monoisotopic (exact) mass is 553 g/mol. The Balaban J connectivity index is 1.83. The molecule has 3 saturated heterocycles.